The van der Waals surface area contributed by atoms with Crippen LogP contribution in [-0.2, 0) is 14.8 Å². The van der Waals surface area contributed by atoms with Crippen LogP contribution in [0, 0.1) is 0 Å². The van der Waals surface area contributed by atoms with Crippen LogP contribution in [0.5, 0.6) is 11.5 Å². The van der Waals surface area contributed by atoms with Crippen molar-refractivity contribution in [3.8, 4) is 11.5 Å². The predicted molar refractivity (Wildman–Crippen MR) is 76.2 cm³/mol. The Bertz CT molecular complexity index is 616. The molecule has 1 atom stereocenters. The molecule has 1 aromatic rings. The molecule has 1 aromatic carbocycles. The summed E-state index contributed by atoms with van der Waals surface area (Å²) < 4.78 is 43.1. The summed E-state index contributed by atoms with van der Waals surface area (Å²) in [5.74, 6) is 1.08. The molecule has 1 unspecified atom stereocenters. The molecule has 0 radical (unpaired) electrons. The molecular formula is C14H19NO5S. The number of fused-ring (bicyclic) bond motifs is 1. The van der Waals surface area contributed by atoms with Crippen molar-refractivity contribution in [1.82, 2.24) is 4.31 Å². The van der Waals surface area contributed by atoms with Gasteiger partial charge < -0.3 is 14.2 Å². The summed E-state index contributed by atoms with van der Waals surface area (Å²) in [6.45, 7) is 1.88. The van der Waals surface area contributed by atoms with Crippen molar-refractivity contribution in [1.29, 1.82) is 0 Å². The van der Waals surface area contributed by atoms with Gasteiger partial charge in [-0.2, -0.15) is 4.31 Å². The van der Waals surface area contributed by atoms with Gasteiger partial charge in [0.2, 0.25) is 10.0 Å². The van der Waals surface area contributed by atoms with Gasteiger partial charge in [0.15, 0.2) is 11.5 Å². The molecule has 0 N–H and O–H groups in total. The topological polar surface area (TPSA) is 65.1 Å². The summed E-state index contributed by atoms with van der Waals surface area (Å²) in [5, 5.41) is 0. The van der Waals surface area contributed by atoms with E-state index in [4.69, 9.17) is 14.2 Å². The van der Waals surface area contributed by atoms with Gasteiger partial charge in [-0.3, -0.25) is 0 Å². The molecule has 2 aliphatic rings. The number of hydrogen-bond donors (Lipinski definition) is 0. The molecule has 2 heterocycles. The van der Waals surface area contributed by atoms with Gasteiger partial charge in [0, 0.05) is 25.8 Å². The molecule has 0 aliphatic carbocycles. The van der Waals surface area contributed by atoms with E-state index in [1.165, 1.54) is 4.31 Å². The number of rotatable bonds is 4. The lowest BCUT2D eigenvalue weighted by Gasteiger charge is -2.24. The van der Waals surface area contributed by atoms with Gasteiger partial charge in [-0.15, -0.1) is 0 Å². The monoisotopic (exact) mass is 313 g/mol. The average Bonchev–Trinajstić information content (AvgIpc) is 2.96. The zero-order chi connectivity index (χ0) is 14.9. The van der Waals surface area contributed by atoms with Crippen molar-refractivity contribution in [2.24, 2.45) is 0 Å². The van der Waals surface area contributed by atoms with Crippen LogP contribution in [0.1, 0.15) is 12.8 Å². The van der Waals surface area contributed by atoms with E-state index in [1.54, 1.807) is 25.3 Å². The van der Waals surface area contributed by atoms with Crippen molar-refractivity contribution in [3.05, 3.63) is 18.2 Å². The summed E-state index contributed by atoms with van der Waals surface area (Å²) >= 11 is 0. The van der Waals surface area contributed by atoms with Crippen LogP contribution < -0.4 is 9.47 Å². The number of methoxy groups -OCH3 is 1. The largest absolute Gasteiger partial charge is 0.486 e. The quantitative estimate of drug-likeness (QED) is 0.837. The summed E-state index contributed by atoms with van der Waals surface area (Å²) in [6.07, 6.45) is 1.69. The van der Waals surface area contributed by atoms with Crippen molar-refractivity contribution in [3.63, 3.8) is 0 Å². The summed E-state index contributed by atoms with van der Waals surface area (Å²) in [5.41, 5.74) is 0. The fourth-order valence-electron chi connectivity index (χ4n) is 2.80. The maximum Gasteiger partial charge on any atom is 0.243 e. The highest BCUT2D eigenvalue weighted by molar-refractivity contribution is 7.89. The van der Waals surface area contributed by atoms with Gasteiger partial charge in [-0.1, -0.05) is 0 Å². The third-order valence-electron chi connectivity index (χ3n) is 3.80. The summed E-state index contributed by atoms with van der Waals surface area (Å²) in [4.78, 5) is 0.245. The first-order valence-corrected chi connectivity index (χ1v) is 8.47. The smallest absolute Gasteiger partial charge is 0.243 e. The van der Waals surface area contributed by atoms with Crippen LogP contribution in [0.25, 0.3) is 0 Å². The zero-order valence-electron chi connectivity index (χ0n) is 11.9. The first kappa shape index (κ1) is 14.6. The highest BCUT2D eigenvalue weighted by Crippen LogP contribution is 2.34. The molecule has 0 bridgehead atoms. The highest BCUT2D eigenvalue weighted by Gasteiger charge is 2.35. The molecule has 6 nitrogen and oxygen atoms in total. The van der Waals surface area contributed by atoms with E-state index in [-0.39, 0.29) is 10.9 Å². The third kappa shape index (κ3) is 2.73. The van der Waals surface area contributed by atoms with Crippen molar-refractivity contribution in [2.75, 3.05) is 33.5 Å². The Hall–Kier alpha value is -1.31. The number of ether oxygens (including phenoxy) is 3. The Kier molecular flexibility index (Phi) is 4.05. The maximum atomic E-state index is 12.8. The van der Waals surface area contributed by atoms with E-state index in [0.717, 1.165) is 12.8 Å². The summed E-state index contributed by atoms with van der Waals surface area (Å²) in [6, 6.07) is 4.69. The van der Waals surface area contributed by atoms with Crippen LogP contribution in [0.3, 0.4) is 0 Å². The molecule has 1 saturated heterocycles. The van der Waals surface area contributed by atoms with Crippen molar-refractivity contribution >= 4 is 10.0 Å². The van der Waals surface area contributed by atoms with E-state index >= 15 is 0 Å². The SMILES string of the molecule is COCC1CCCN1S(=O)(=O)c1ccc2c(c1)OCCO2. The Balaban J connectivity index is 1.91. The molecule has 7 heteroatoms. The second kappa shape index (κ2) is 5.82. The normalized spacial score (nSPS) is 22.4. The molecule has 0 saturated carbocycles. The Labute approximate surface area is 124 Å². The molecule has 2 aliphatic heterocycles. The van der Waals surface area contributed by atoms with Crippen LogP contribution in [0.15, 0.2) is 23.1 Å². The second-order valence-electron chi connectivity index (χ2n) is 5.17. The highest BCUT2D eigenvalue weighted by atomic mass is 32.2. The Morgan fingerprint density at radius 3 is 2.81 bits per heavy atom. The van der Waals surface area contributed by atoms with Crippen LogP contribution in [-0.4, -0.2) is 52.2 Å². The first-order chi connectivity index (χ1) is 10.1. The minimum Gasteiger partial charge on any atom is -0.486 e. The van der Waals surface area contributed by atoms with E-state index in [9.17, 15) is 8.42 Å². The lowest BCUT2D eigenvalue weighted by Crippen LogP contribution is -2.38. The fourth-order valence-corrected chi connectivity index (χ4v) is 4.50. The summed E-state index contributed by atoms with van der Waals surface area (Å²) in [7, 11) is -1.94. The van der Waals surface area contributed by atoms with Crippen LogP contribution in [0.4, 0.5) is 0 Å². The number of hydrogen-bond acceptors (Lipinski definition) is 5. The Morgan fingerprint density at radius 1 is 1.29 bits per heavy atom. The van der Waals surface area contributed by atoms with E-state index in [0.29, 0.717) is 37.9 Å². The van der Waals surface area contributed by atoms with Gasteiger partial charge in [0.05, 0.1) is 11.5 Å². The Morgan fingerprint density at radius 2 is 2.05 bits per heavy atom. The lowest BCUT2D eigenvalue weighted by molar-refractivity contribution is 0.149. The van der Waals surface area contributed by atoms with Crippen LogP contribution in [0.2, 0.25) is 0 Å². The molecule has 21 heavy (non-hydrogen) atoms. The standard InChI is InChI=1S/C14H19NO5S/c1-18-10-11-3-2-6-15(11)21(16,17)12-4-5-13-14(9-12)20-8-7-19-13/h4-5,9,11H,2-3,6-8,10H2,1H3. The van der Waals surface area contributed by atoms with Gasteiger partial charge >= 0.3 is 0 Å². The molecule has 116 valence electrons. The van der Waals surface area contributed by atoms with E-state index in [1.807, 2.05) is 0 Å². The molecular weight excluding hydrogens is 294 g/mol. The molecule has 0 aromatic heterocycles. The second-order valence-corrected chi connectivity index (χ2v) is 7.06. The zero-order valence-corrected chi connectivity index (χ0v) is 12.8. The molecule has 1 fully saturated rings. The molecule has 3 rings (SSSR count). The first-order valence-electron chi connectivity index (χ1n) is 7.03. The van der Waals surface area contributed by atoms with Gasteiger partial charge in [-0.25, -0.2) is 8.42 Å². The van der Waals surface area contributed by atoms with Crippen molar-refractivity contribution < 1.29 is 22.6 Å². The number of nitrogens with zero attached hydrogens (tertiary/aromatic N) is 1. The van der Waals surface area contributed by atoms with E-state index < -0.39 is 10.0 Å². The maximum absolute atomic E-state index is 12.8. The van der Waals surface area contributed by atoms with Crippen molar-refractivity contribution in [2.45, 2.75) is 23.8 Å². The average molecular weight is 313 g/mol. The predicted octanol–water partition coefficient (Wildman–Crippen LogP) is 1.26. The number of benzene rings is 1. The lowest BCUT2D eigenvalue weighted by atomic mass is 10.2. The minimum atomic E-state index is -3.53. The van der Waals surface area contributed by atoms with Crippen LogP contribution >= 0.6 is 0 Å². The molecule has 0 amide bonds. The molecule has 0 spiro atoms. The van der Waals surface area contributed by atoms with Gasteiger partial charge in [0.25, 0.3) is 0 Å². The van der Waals surface area contributed by atoms with E-state index in [2.05, 4.69) is 0 Å². The minimum absolute atomic E-state index is 0.0896. The fraction of sp³-hybridized carbons (Fsp3) is 0.571. The number of sulfonamides is 1. The third-order valence-corrected chi connectivity index (χ3v) is 5.75. The van der Waals surface area contributed by atoms with Gasteiger partial charge in [-0.05, 0) is 25.0 Å². The van der Waals surface area contributed by atoms with Gasteiger partial charge in [0.1, 0.15) is 13.2 Å².